The first-order valence-electron chi connectivity index (χ1n) is 19.4. The van der Waals surface area contributed by atoms with E-state index >= 15 is 0 Å². The van der Waals surface area contributed by atoms with Gasteiger partial charge in [0.2, 0.25) is 17.8 Å². The highest BCUT2D eigenvalue weighted by molar-refractivity contribution is 7.86. The molecule has 5 aliphatic heterocycles. The van der Waals surface area contributed by atoms with Crippen LogP contribution in [0.25, 0.3) is 11.3 Å². The minimum atomic E-state index is -4.64. The van der Waals surface area contributed by atoms with Gasteiger partial charge in [-0.15, -0.1) is 0 Å². The Labute approximate surface area is 328 Å². The summed E-state index contributed by atoms with van der Waals surface area (Å²) in [5.41, 5.74) is 1.44. The Bertz CT molecular complexity index is 2130. The quantitative estimate of drug-likeness (QED) is 0.304. The third-order valence-corrected chi connectivity index (χ3v) is 13.9. The standard InChI is InChI=1S/C37H46F3N11O5S/c1-46-22-26(19-42-46)33-30(37(38,39)40)20-41-36(45-33)43-27-8-12-50(13-9-27)57(55,56)49-10-6-24(7-11-49)21-47-14-16-48(17-15-47)28-3-2-25-23-51(35(54)29(25)18-28)31-4-5-32(52)44-34(31)53/h2-3,18-20,22,24,27,31H,4-17,21,23H2,1H3,(H,41,43,45)(H,44,52,53). The lowest BCUT2D eigenvalue weighted by Crippen LogP contribution is -2.52. The molecule has 5 aliphatic rings. The number of hydrogen-bond acceptors (Lipinski definition) is 11. The van der Waals surface area contributed by atoms with Crippen LogP contribution < -0.4 is 15.5 Å². The molecular formula is C37H46F3N11O5S. The molecule has 20 heteroatoms. The maximum Gasteiger partial charge on any atom is 0.419 e. The van der Waals surface area contributed by atoms with Crippen LogP contribution >= 0.6 is 0 Å². The molecule has 1 aromatic carbocycles. The lowest BCUT2D eigenvalue weighted by atomic mass is 9.97. The maximum atomic E-state index is 13.7. The molecule has 0 spiro atoms. The highest BCUT2D eigenvalue weighted by Crippen LogP contribution is 2.36. The molecule has 2 N–H and O–H groups in total. The summed E-state index contributed by atoms with van der Waals surface area (Å²) in [6.45, 7) is 5.95. The van der Waals surface area contributed by atoms with Crippen LogP contribution in [0.3, 0.4) is 0 Å². The van der Waals surface area contributed by atoms with E-state index in [0.29, 0.717) is 50.4 Å². The van der Waals surface area contributed by atoms with Gasteiger partial charge >= 0.3 is 6.18 Å². The lowest BCUT2D eigenvalue weighted by molar-refractivity contribution is -0.138. The first kappa shape index (κ1) is 39.2. The molecule has 3 aromatic rings. The number of piperidine rings is 3. The fourth-order valence-electron chi connectivity index (χ4n) is 8.61. The third kappa shape index (κ3) is 8.22. The van der Waals surface area contributed by atoms with Crippen LogP contribution in [0.2, 0.25) is 0 Å². The minimum absolute atomic E-state index is 0.0476. The topological polar surface area (TPSA) is 169 Å². The zero-order valence-electron chi connectivity index (χ0n) is 31.6. The van der Waals surface area contributed by atoms with Crippen LogP contribution in [0.15, 0.2) is 36.8 Å². The summed E-state index contributed by atoms with van der Waals surface area (Å²) < 4.78 is 72.9. The average Bonchev–Trinajstić information content (AvgIpc) is 3.77. The van der Waals surface area contributed by atoms with Crippen molar-refractivity contribution in [3.63, 3.8) is 0 Å². The van der Waals surface area contributed by atoms with Crippen LogP contribution in [0.5, 0.6) is 0 Å². The predicted molar refractivity (Wildman–Crippen MR) is 202 cm³/mol. The second-order valence-corrected chi connectivity index (χ2v) is 17.5. The van der Waals surface area contributed by atoms with Gasteiger partial charge in [0.15, 0.2) is 0 Å². The summed E-state index contributed by atoms with van der Waals surface area (Å²) in [4.78, 5) is 51.7. The van der Waals surface area contributed by atoms with Crippen molar-refractivity contribution in [2.24, 2.45) is 13.0 Å². The molecule has 8 rings (SSSR count). The van der Waals surface area contributed by atoms with Crippen LogP contribution in [-0.4, -0.2) is 135 Å². The Kier molecular flexibility index (Phi) is 10.7. The summed E-state index contributed by atoms with van der Waals surface area (Å²) in [6.07, 6.45) is 1.88. The number of nitrogens with zero attached hydrogens (tertiary/aromatic N) is 9. The second-order valence-electron chi connectivity index (χ2n) is 15.6. The number of piperazine rings is 1. The van der Waals surface area contributed by atoms with Gasteiger partial charge in [0.1, 0.15) is 11.6 Å². The zero-order valence-corrected chi connectivity index (χ0v) is 32.4. The molecule has 3 amide bonds. The average molecular weight is 814 g/mol. The normalized spacial score (nSPS) is 22.6. The summed E-state index contributed by atoms with van der Waals surface area (Å²) in [6, 6.07) is 5.05. The number of halogens is 3. The van der Waals surface area contributed by atoms with Crippen LogP contribution in [0, 0.1) is 5.92 Å². The fourth-order valence-corrected chi connectivity index (χ4v) is 10.3. The minimum Gasteiger partial charge on any atom is -0.369 e. The van der Waals surface area contributed by atoms with E-state index < -0.39 is 33.9 Å². The zero-order chi connectivity index (χ0) is 40.1. The Morgan fingerprint density at radius 1 is 0.912 bits per heavy atom. The third-order valence-electron chi connectivity index (χ3n) is 11.9. The molecule has 1 unspecified atom stereocenters. The first-order chi connectivity index (χ1) is 27.2. The Balaban J connectivity index is 0.783. The van der Waals surface area contributed by atoms with Gasteiger partial charge in [-0.3, -0.25) is 29.3 Å². The van der Waals surface area contributed by atoms with E-state index in [1.807, 2.05) is 18.2 Å². The van der Waals surface area contributed by atoms with Gasteiger partial charge < -0.3 is 15.1 Å². The van der Waals surface area contributed by atoms with Gasteiger partial charge in [0.25, 0.3) is 16.1 Å². The highest BCUT2D eigenvalue weighted by Gasteiger charge is 2.40. The van der Waals surface area contributed by atoms with E-state index in [0.717, 1.165) is 63.0 Å². The van der Waals surface area contributed by atoms with Crippen molar-refractivity contribution in [2.75, 3.05) is 69.1 Å². The summed E-state index contributed by atoms with van der Waals surface area (Å²) in [5.74, 6) is -0.494. The number of amides is 3. The molecule has 1 atom stereocenters. The number of anilines is 2. The largest absolute Gasteiger partial charge is 0.419 e. The molecule has 4 saturated heterocycles. The van der Waals surface area contributed by atoms with E-state index in [4.69, 9.17) is 0 Å². The predicted octanol–water partition coefficient (Wildman–Crippen LogP) is 2.31. The molecule has 7 heterocycles. The molecule has 16 nitrogen and oxygen atoms in total. The Morgan fingerprint density at radius 2 is 1.61 bits per heavy atom. The van der Waals surface area contributed by atoms with Crippen molar-refractivity contribution >= 4 is 39.6 Å². The second kappa shape index (κ2) is 15.6. The number of rotatable bonds is 9. The van der Waals surface area contributed by atoms with Crippen molar-refractivity contribution in [3.05, 3.63) is 53.5 Å². The van der Waals surface area contributed by atoms with Crippen molar-refractivity contribution in [1.82, 2.24) is 43.5 Å². The molecule has 0 radical (unpaired) electrons. The molecular weight excluding hydrogens is 768 g/mol. The Morgan fingerprint density at radius 3 is 2.26 bits per heavy atom. The van der Waals surface area contributed by atoms with Crippen LogP contribution in [-0.2, 0) is 39.6 Å². The molecule has 4 fully saturated rings. The number of imide groups is 1. The van der Waals surface area contributed by atoms with Crippen molar-refractivity contribution in [2.45, 2.75) is 63.3 Å². The van der Waals surface area contributed by atoms with E-state index in [-0.39, 0.29) is 54.6 Å². The smallest absolute Gasteiger partial charge is 0.369 e. The number of carbonyl (C=O) groups is 3. The molecule has 57 heavy (non-hydrogen) atoms. The van der Waals surface area contributed by atoms with Gasteiger partial charge in [0.05, 0.1) is 11.9 Å². The number of aromatic nitrogens is 4. The summed E-state index contributed by atoms with van der Waals surface area (Å²) >= 11 is 0. The number of alkyl halides is 3. The van der Waals surface area contributed by atoms with Crippen molar-refractivity contribution < 1.29 is 36.0 Å². The van der Waals surface area contributed by atoms with Crippen molar-refractivity contribution in [3.8, 4) is 11.3 Å². The van der Waals surface area contributed by atoms with E-state index in [2.05, 4.69) is 35.5 Å². The molecule has 306 valence electrons. The van der Waals surface area contributed by atoms with E-state index in [1.165, 1.54) is 21.4 Å². The molecule has 0 aliphatic carbocycles. The maximum absolute atomic E-state index is 13.7. The van der Waals surface area contributed by atoms with E-state index in [1.54, 1.807) is 16.3 Å². The molecule has 0 saturated carbocycles. The monoisotopic (exact) mass is 813 g/mol. The Hall–Kier alpha value is -4.66. The summed E-state index contributed by atoms with van der Waals surface area (Å²) in [7, 11) is -2.06. The number of nitrogens with one attached hydrogen (secondary N) is 2. The lowest BCUT2D eigenvalue weighted by Gasteiger charge is -2.40. The first-order valence-corrected chi connectivity index (χ1v) is 20.8. The van der Waals surface area contributed by atoms with Gasteiger partial charge in [-0.05, 0) is 55.7 Å². The number of fused-ring (bicyclic) bond motifs is 1. The fraction of sp³-hybridized carbons (Fsp3) is 0.568. The number of hydrogen-bond donors (Lipinski definition) is 2. The van der Waals surface area contributed by atoms with Crippen LogP contribution in [0.4, 0.5) is 24.8 Å². The molecule has 0 bridgehead atoms. The van der Waals surface area contributed by atoms with Crippen LogP contribution in [0.1, 0.15) is 60.0 Å². The number of benzene rings is 1. The molecule has 2 aromatic heterocycles. The number of aryl methyl sites for hydroxylation is 1. The van der Waals surface area contributed by atoms with E-state index in [9.17, 15) is 36.0 Å². The van der Waals surface area contributed by atoms with Crippen molar-refractivity contribution in [1.29, 1.82) is 0 Å². The van der Waals surface area contributed by atoms with Gasteiger partial charge in [0, 0.05) is 114 Å². The summed E-state index contributed by atoms with van der Waals surface area (Å²) in [5, 5.41) is 9.43. The number of carbonyl (C=O) groups excluding carboxylic acids is 3. The SMILES string of the molecule is Cn1cc(-c2nc(NC3CCN(S(=O)(=O)N4CCC(CN5CCN(c6ccc7c(c6)C(=O)N(C6CCC(=O)NC6=O)C7)CC5)CC4)CC3)ncc2C(F)(F)F)cn1. The van der Waals surface area contributed by atoms with Gasteiger partial charge in [-0.2, -0.15) is 35.3 Å². The van der Waals surface area contributed by atoms with Gasteiger partial charge in [-0.25, -0.2) is 9.97 Å². The van der Waals surface area contributed by atoms with Gasteiger partial charge in [-0.1, -0.05) is 6.07 Å². The highest BCUT2D eigenvalue weighted by atomic mass is 32.2.